The van der Waals surface area contributed by atoms with E-state index in [9.17, 15) is 4.79 Å². The molecule has 7 nitrogen and oxygen atoms in total. The molecule has 0 radical (unpaired) electrons. The number of urea groups is 1. The number of carbonyl (C=O) groups is 1. The third-order valence-electron chi connectivity index (χ3n) is 2.71. The number of carbonyl (C=O) groups excluding carboxylic acids is 1. The summed E-state index contributed by atoms with van der Waals surface area (Å²) >= 11 is 0. The van der Waals surface area contributed by atoms with Crippen LogP contribution in [-0.4, -0.2) is 36.0 Å². The normalized spacial score (nSPS) is 12.0. The Kier molecular flexibility index (Phi) is 4.89. The predicted molar refractivity (Wildman–Crippen MR) is 78.0 cm³/mol. The Bertz CT molecular complexity index is 595. The Morgan fingerprint density at radius 1 is 1.33 bits per heavy atom. The van der Waals surface area contributed by atoms with Gasteiger partial charge in [0.15, 0.2) is 0 Å². The molecule has 1 heterocycles. The van der Waals surface area contributed by atoms with Crippen molar-refractivity contribution in [1.82, 2.24) is 15.5 Å². The van der Waals surface area contributed by atoms with E-state index in [0.717, 1.165) is 5.56 Å². The van der Waals surface area contributed by atoms with E-state index in [1.807, 2.05) is 6.92 Å². The molecule has 1 aromatic heterocycles. The molecule has 0 fully saturated rings. The van der Waals surface area contributed by atoms with Crippen molar-refractivity contribution in [1.29, 1.82) is 0 Å². The van der Waals surface area contributed by atoms with Crippen LogP contribution in [0.3, 0.4) is 0 Å². The van der Waals surface area contributed by atoms with Gasteiger partial charge >= 0.3 is 6.03 Å². The van der Waals surface area contributed by atoms with Crippen LogP contribution in [0.25, 0.3) is 11.5 Å². The standard InChI is InChI=1S/C14H18N4O3/c1-9(8-20-3)15-14(19)16-12-6-4-11(5-7-12)13-18-17-10(2)21-13/h4-7,9H,8H2,1-3H3,(H2,15,16,19)/t9-/m0/s1. The first-order valence-corrected chi connectivity index (χ1v) is 6.55. The lowest BCUT2D eigenvalue weighted by atomic mass is 10.2. The fourth-order valence-corrected chi connectivity index (χ4v) is 1.79. The molecule has 2 rings (SSSR count). The minimum atomic E-state index is -0.277. The maximum Gasteiger partial charge on any atom is 0.319 e. The van der Waals surface area contributed by atoms with Gasteiger partial charge in [-0.25, -0.2) is 4.79 Å². The molecule has 1 atom stereocenters. The van der Waals surface area contributed by atoms with Gasteiger partial charge in [-0.1, -0.05) is 0 Å². The molecule has 1 aromatic carbocycles. The lowest BCUT2D eigenvalue weighted by Gasteiger charge is -2.13. The van der Waals surface area contributed by atoms with Gasteiger partial charge in [-0.2, -0.15) is 0 Å². The van der Waals surface area contributed by atoms with Gasteiger partial charge in [0.1, 0.15) is 0 Å². The molecule has 0 aliphatic heterocycles. The minimum Gasteiger partial charge on any atom is -0.421 e. The van der Waals surface area contributed by atoms with E-state index in [2.05, 4.69) is 20.8 Å². The summed E-state index contributed by atoms with van der Waals surface area (Å²) in [6.45, 7) is 4.06. The first kappa shape index (κ1) is 15.0. The molecule has 2 aromatic rings. The highest BCUT2D eigenvalue weighted by molar-refractivity contribution is 5.89. The number of ether oxygens (including phenoxy) is 1. The molecule has 21 heavy (non-hydrogen) atoms. The van der Waals surface area contributed by atoms with Crippen molar-refractivity contribution in [2.75, 3.05) is 19.0 Å². The Labute approximate surface area is 122 Å². The molecule has 0 saturated carbocycles. The molecule has 0 spiro atoms. The molecule has 112 valence electrons. The number of nitrogens with one attached hydrogen (secondary N) is 2. The average Bonchev–Trinajstić information content (AvgIpc) is 2.86. The van der Waals surface area contributed by atoms with Crippen molar-refractivity contribution in [2.24, 2.45) is 0 Å². The summed E-state index contributed by atoms with van der Waals surface area (Å²) < 4.78 is 10.3. The molecule has 0 unspecified atom stereocenters. The average molecular weight is 290 g/mol. The molecule has 0 aliphatic carbocycles. The summed E-state index contributed by atoms with van der Waals surface area (Å²) in [7, 11) is 1.59. The second-order valence-corrected chi connectivity index (χ2v) is 4.66. The molecule has 7 heteroatoms. The first-order valence-electron chi connectivity index (χ1n) is 6.55. The molecule has 0 aliphatic rings. The van der Waals surface area contributed by atoms with Crippen LogP contribution in [0.4, 0.5) is 10.5 Å². The Morgan fingerprint density at radius 2 is 2.05 bits per heavy atom. The first-order chi connectivity index (χ1) is 10.1. The van der Waals surface area contributed by atoms with Crippen molar-refractivity contribution in [3.05, 3.63) is 30.2 Å². The van der Waals surface area contributed by atoms with Crippen LogP contribution in [0.5, 0.6) is 0 Å². The van der Waals surface area contributed by atoms with Gasteiger partial charge in [0.2, 0.25) is 11.8 Å². The summed E-state index contributed by atoms with van der Waals surface area (Å²) in [5, 5.41) is 13.2. The van der Waals surface area contributed by atoms with E-state index in [1.54, 1.807) is 38.3 Å². The maximum atomic E-state index is 11.7. The second kappa shape index (κ2) is 6.85. The monoisotopic (exact) mass is 290 g/mol. The third kappa shape index (κ3) is 4.28. The van der Waals surface area contributed by atoms with Crippen LogP contribution in [-0.2, 0) is 4.74 Å². The van der Waals surface area contributed by atoms with Crippen LogP contribution >= 0.6 is 0 Å². The molecule has 2 N–H and O–H groups in total. The maximum absolute atomic E-state index is 11.7. The highest BCUT2D eigenvalue weighted by atomic mass is 16.5. The fourth-order valence-electron chi connectivity index (χ4n) is 1.79. The number of aryl methyl sites for hydroxylation is 1. The summed E-state index contributed by atoms with van der Waals surface area (Å²) in [5.74, 6) is 0.968. The van der Waals surface area contributed by atoms with Gasteiger partial charge in [-0.3, -0.25) is 0 Å². The second-order valence-electron chi connectivity index (χ2n) is 4.66. The zero-order valence-corrected chi connectivity index (χ0v) is 12.2. The van der Waals surface area contributed by atoms with Crippen molar-refractivity contribution < 1.29 is 13.9 Å². The smallest absolute Gasteiger partial charge is 0.319 e. The molecule has 2 amide bonds. The zero-order valence-electron chi connectivity index (χ0n) is 12.2. The fraction of sp³-hybridized carbons (Fsp3) is 0.357. The SMILES string of the molecule is COC[C@H](C)NC(=O)Nc1ccc(-c2nnc(C)o2)cc1. The van der Waals surface area contributed by atoms with Crippen molar-refractivity contribution >= 4 is 11.7 Å². The lowest BCUT2D eigenvalue weighted by molar-refractivity contribution is 0.173. The van der Waals surface area contributed by atoms with Crippen LogP contribution in [0, 0.1) is 6.92 Å². The Balaban J connectivity index is 1.95. The van der Waals surface area contributed by atoms with Crippen LogP contribution in [0.1, 0.15) is 12.8 Å². The number of hydrogen-bond acceptors (Lipinski definition) is 5. The lowest BCUT2D eigenvalue weighted by Crippen LogP contribution is -2.38. The highest BCUT2D eigenvalue weighted by Crippen LogP contribution is 2.19. The van der Waals surface area contributed by atoms with Gasteiger partial charge in [0, 0.05) is 25.3 Å². The van der Waals surface area contributed by atoms with E-state index < -0.39 is 0 Å². The zero-order chi connectivity index (χ0) is 15.2. The largest absolute Gasteiger partial charge is 0.421 e. The van der Waals surface area contributed by atoms with E-state index in [1.165, 1.54) is 0 Å². The topological polar surface area (TPSA) is 89.3 Å². The van der Waals surface area contributed by atoms with Crippen LogP contribution in [0.2, 0.25) is 0 Å². The van der Waals surface area contributed by atoms with Crippen LogP contribution in [0.15, 0.2) is 28.7 Å². The van der Waals surface area contributed by atoms with E-state index in [4.69, 9.17) is 9.15 Å². The van der Waals surface area contributed by atoms with E-state index in [0.29, 0.717) is 24.1 Å². The third-order valence-corrected chi connectivity index (χ3v) is 2.71. The molecular formula is C14H18N4O3. The number of rotatable bonds is 5. The molecule has 0 saturated heterocycles. The summed E-state index contributed by atoms with van der Waals surface area (Å²) in [6.07, 6.45) is 0. The number of hydrogen-bond donors (Lipinski definition) is 2. The molecular weight excluding hydrogens is 272 g/mol. The summed E-state index contributed by atoms with van der Waals surface area (Å²) in [6, 6.07) is 6.82. The number of anilines is 1. The molecule has 0 bridgehead atoms. The van der Waals surface area contributed by atoms with E-state index >= 15 is 0 Å². The number of benzene rings is 1. The van der Waals surface area contributed by atoms with Crippen molar-refractivity contribution in [3.8, 4) is 11.5 Å². The van der Waals surface area contributed by atoms with Gasteiger partial charge in [0.25, 0.3) is 0 Å². The summed E-state index contributed by atoms with van der Waals surface area (Å²) in [4.78, 5) is 11.7. The van der Waals surface area contributed by atoms with Crippen molar-refractivity contribution in [2.45, 2.75) is 19.9 Å². The Hall–Kier alpha value is -2.41. The Morgan fingerprint density at radius 3 is 2.62 bits per heavy atom. The van der Waals surface area contributed by atoms with Crippen LogP contribution < -0.4 is 10.6 Å². The van der Waals surface area contributed by atoms with Crippen molar-refractivity contribution in [3.63, 3.8) is 0 Å². The van der Waals surface area contributed by atoms with Gasteiger partial charge in [0.05, 0.1) is 12.6 Å². The quantitative estimate of drug-likeness (QED) is 0.881. The predicted octanol–water partition coefficient (Wildman–Crippen LogP) is 2.20. The minimum absolute atomic E-state index is 0.0596. The highest BCUT2D eigenvalue weighted by Gasteiger charge is 2.08. The van der Waals surface area contributed by atoms with Gasteiger partial charge in [-0.15, -0.1) is 10.2 Å². The summed E-state index contributed by atoms with van der Waals surface area (Å²) in [5.41, 5.74) is 1.48. The van der Waals surface area contributed by atoms with E-state index in [-0.39, 0.29) is 12.1 Å². The number of aromatic nitrogens is 2. The van der Waals surface area contributed by atoms with Gasteiger partial charge < -0.3 is 19.8 Å². The number of nitrogens with zero attached hydrogens (tertiary/aromatic N) is 2. The van der Waals surface area contributed by atoms with Gasteiger partial charge in [-0.05, 0) is 31.2 Å². The number of amides is 2. The number of methoxy groups -OCH3 is 1.